The Morgan fingerprint density at radius 2 is 1.74 bits per heavy atom. The Balaban J connectivity index is 2.80. The molecule has 0 radical (unpaired) electrons. The van der Waals surface area contributed by atoms with E-state index in [0.717, 1.165) is 12.8 Å². The van der Waals surface area contributed by atoms with Crippen molar-refractivity contribution in [3.05, 3.63) is 12.2 Å². The molecule has 0 bridgehead atoms. The zero-order chi connectivity index (χ0) is 14.5. The molecule has 0 amide bonds. The molecular weight excluding hydrogens is 236 g/mol. The van der Waals surface area contributed by atoms with Crippen molar-refractivity contribution in [3.63, 3.8) is 0 Å². The van der Waals surface area contributed by atoms with Gasteiger partial charge >= 0.3 is 5.97 Å². The Hall–Kier alpha value is -0.790. The van der Waals surface area contributed by atoms with Crippen LogP contribution in [-0.4, -0.2) is 11.6 Å². The first kappa shape index (κ1) is 16.3. The molecule has 0 aliphatic heterocycles. The normalized spacial score (nSPS) is 17.5. The molecule has 2 nitrogen and oxygen atoms in total. The number of rotatable bonds is 6. The fraction of sp³-hybridized carbons (Fsp3) is 0.824. The van der Waals surface area contributed by atoms with E-state index in [0.29, 0.717) is 11.5 Å². The second kappa shape index (κ2) is 7.12. The largest absolute Gasteiger partial charge is 0.455 e. The smallest absolute Gasteiger partial charge is 0.334 e. The van der Waals surface area contributed by atoms with Gasteiger partial charge < -0.3 is 4.74 Å². The lowest BCUT2D eigenvalue weighted by Gasteiger charge is -2.41. The number of ether oxygens (including phenoxy) is 1. The van der Waals surface area contributed by atoms with Crippen molar-refractivity contribution < 1.29 is 9.53 Å². The van der Waals surface area contributed by atoms with Crippen LogP contribution in [0.5, 0.6) is 0 Å². The van der Waals surface area contributed by atoms with Gasteiger partial charge in [-0.25, -0.2) is 4.79 Å². The van der Waals surface area contributed by atoms with Gasteiger partial charge in [-0.15, -0.1) is 0 Å². The van der Waals surface area contributed by atoms with Crippen LogP contribution in [0.2, 0.25) is 0 Å². The van der Waals surface area contributed by atoms with Crippen molar-refractivity contribution in [2.45, 2.75) is 78.2 Å². The van der Waals surface area contributed by atoms with Crippen LogP contribution < -0.4 is 0 Å². The van der Waals surface area contributed by atoms with Crippen LogP contribution in [0.1, 0.15) is 72.6 Å². The van der Waals surface area contributed by atoms with E-state index in [1.807, 2.05) is 13.8 Å². The predicted molar refractivity (Wildman–Crippen MR) is 80.0 cm³/mol. The van der Waals surface area contributed by atoms with Crippen LogP contribution in [0.3, 0.4) is 0 Å². The standard InChI is InChI=1S/C17H30O2/c1-6-17(7-2,15-11-9-8-10-12-15)19-16(18)14(5)13(3)4/h13,15H,5-12H2,1-4H3. The van der Waals surface area contributed by atoms with Gasteiger partial charge in [0.25, 0.3) is 0 Å². The highest BCUT2D eigenvalue weighted by Gasteiger charge is 2.40. The Morgan fingerprint density at radius 3 is 2.16 bits per heavy atom. The zero-order valence-corrected chi connectivity index (χ0v) is 13.1. The maximum atomic E-state index is 12.2. The maximum absolute atomic E-state index is 12.2. The summed E-state index contributed by atoms with van der Waals surface area (Å²) in [5.41, 5.74) is 0.331. The third kappa shape index (κ3) is 3.84. The first-order valence-corrected chi connectivity index (χ1v) is 7.89. The molecule has 0 N–H and O–H groups in total. The third-order valence-electron chi connectivity index (χ3n) is 4.80. The number of carbonyl (C=O) groups excluding carboxylic acids is 1. The molecule has 19 heavy (non-hydrogen) atoms. The molecule has 0 spiro atoms. The van der Waals surface area contributed by atoms with Gasteiger partial charge in [-0.05, 0) is 37.5 Å². The summed E-state index contributed by atoms with van der Waals surface area (Å²) in [5, 5.41) is 0. The number of esters is 1. The van der Waals surface area contributed by atoms with E-state index in [9.17, 15) is 4.79 Å². The zero-order valence-electron chi connectivity index (χ0n) is 13.1. The van der Waals surface area contributed by atoms with Gasteiger partial charge in [-0.3, -0.25) is 0 Å². The molecule has 0 atom stereocenters. The molecular formula is C17H30O2. The summed E-state index contributed by atoms with van der Waals surface area (Å²) in [5.74, 6) is 0.495. The molecule has 110 valence electrons. The van der Waals surface area contributed by atoms with Crippen molar-refractivity contribution in [2.75, 3.05) is 0 Å². The number of hydrogen-bond donors (Lipinski definition) is 0. The highest BCUT2D eigenvalue weighted by molar-refractivity contribution is 5.88. The van der Waals surface area contributed by atoms with Crippen LogP contribution in [0.25, 0.3) is 0 Å². The molecule has 1 aliphatic rings. The van der Waals surface area contributed by atoms with Gasteiger partial charge in [-0.2, -0.15) is 0 Å². The summed E-state index contributed by atoms with van der Waals surface area (Å²) >= 11 is 0. The number of carbonyl (C=O) groups is 1. The molecule has 1 rings (SSSR count). The molecule has 0 unspecified atom stereocenters. The molecule has 0 aromatic heterocycles. The first-order valence-electron chi connectivity index (χ1n) is 7.89. The molecule has 0 aromatic carbocycles. The van der Waals surface area contributed by atoms with Crippen LogP contribution in [0.4, 0.5) is 0 Å². The predicted octanol–water partition coefficient (Wildman–Crippen LogP) is 4.88. The van der Waals surface area contributed by atoms with Crippen LogP contribution >= 0.6 is 0 Å². The minimum absolute atomic E-state index is 0.158. The average Bonchev–Trinajstić information content (AvgIpc) is 2.44. The topological polar surface area (TPSA) is 26.3 Å². The second-order valence-corrected chi connectivity index (χ2v) is 6.18. The van der Waals surface area contributed by atoms with E-state index < -0.39 is 0 Å². The lowest BCUT2D eigenvalue weighted by molar-refractivity contribution is -0.165. The van der Waals surface area contributed by atoms with Crippen molar-refractivity contribution in [2.24, 2.45) is 11.8 Å². The van der Waals surface area contributed by atoms with Crippen molar-refractivity contribution in [3.8, 4) is 0 Å². The minimum atomic E-state index is -0.269. The van der Waals surface area contributed by atoms with Gasteiger partial charge in [-0.1, -0.05) is 53.5 Å². The summed E-state index contributed by atoms with van der Waals surface area (Å²) in [4.78, 5) is 12.2. The summed E-state index contributed by atoms with van der Waals surface area (Å²) in [6.07, 6.45) is 8.08. The monoisotopic (exact) mass is 266 g/mol. The first-order chi connectivity index (χ1) is 8.96. The Kier molecular flexibility index (Phi) is 6.09. The van der Waals surface area contributed by atoms with E-state index in [-0.39, 0.29) is 17.5 Å². The van der Waals surface area contributed by atoms with Crippen molar-refractivity contribution in [1.82, 2.24) is 0 Å². The van der Waals surface area contributed by atoms with E-state index in [2.05, 4.69) is 20.4 Å². The van der Waals surface area contributed by atoms with E-state index >= 15 is 0 Å². The fourth-order valence-electron chi connectivity index (χ4n) is 3.17. The maximum Gasteiger partial charge on any atom is 0.334 e. The van der Waals surface area contributed by atoms with Gasteiger partial charge in [0.1, 0.15) is 5.60 Å². The van der Waals surface area contributed by atoms with Crippen LogP contribution in [0.15, 0.2) is 12.2 Å². The molecule has 1 aliphatic carbocycles. The third-order valence-corrected chi connectivity index (χ3v) is 4.80. The van der Waals surface area contributed by atoms with Gasteiger partial charge in [0, 0.05) is 5.57 Å². The van der Waals surface area contributed by atoms with Crippen molar-refractivity contribution in [1.29, 1.82) is 0 Å². The van der Waals surface area contributed by atoms with E-state index in [1.165, 1.54) is 32.1 Å². The van der Waals surface area contributed by atoms with Gasteiger partial charge in [0.15, 0.2) is 0 Å². The molecule has 0 saturated heterocycles. The van der Waals surface area contributed by atoms with Crippen molar-refractivity contribution >= 4 is 5.97 Å². The summed E-state index contributed by atoms with van der Waals surface area (Å²) in [6, 6.07) is 0. The van der Waals surface area contributed by atoms with Crippen LogP contribution in [0, 0.1) is 11.8 Å². The highest BCUT2D eigenvalue weighted by Crippen LogP contribution is 2.40. The number of hydrogen-bond acceptors (Lipinski definition) is 2. The lowest BCUT2D eigenvalue weighted by atomic mass is 9.74. The SMILES string of the molecule is C=C(C(=O)OC(CC)(CC)C1CCCCC1)C(C)C. The fourth-order valence-corrected chi connectivity index (χ4v) is 3.17. The highest BCUT2D eigenvalue weighted by atomic mass is 16.6. The van der Waals surface area contributed by atoms with Crippen LogP contribution in [-0.2, 0) is 9.53 Å². The average molecular weight is 266 g/mol. The Labute approximate surface area is 118 Å². The Bertz CT molecular complexity index is 307. The minimum Gasteiger partial charge on any atom is -0.455 e. The lowest BCUT2D eigenvalue weighted by Crippen LogP contribution is -2.43. The summed E-state index contributed by atoms with van der Waals surface area (Å²) in [6.45, 7) is 12.1. The van der Waals surface area contributed by atoms with E-state index in [1.54, 1.807) is 0 Å². The molecule has 0 heterocycles. The Morgan fingerprint density at radius 1 is 1.21 bits per heavy atom. The van der Waals surface area contributed by atoms with Gasteiger partial charge in [0.2, 0.25) is 0 Å². The molecule has 1 saturated carbocycles. The molecule has 0 aromatic rings. The van der Waals surface area contributed by atoms with Gasteiger partial charge in [0.05, 0.1) is 0 Å². The molecule has 2 heteroatoms. The van der Waals surface area contributed by atoms with E-state index in [4.69, 9.17) is 4.74 Å². The second-order valence-electron chi connectivity index (χ2n) is 6.18. The molecule has 1 fully saturated rings. The summed E-state index contributed by atoms with van der Waals surface area (Å²) < 4.78 is 5.96. The summed E-state index contributed by atoms with van der Waals surface area (Å²) in [7, 11) is 0. The quantitative estimate of drug-likeness (QED) is 0.506.